The zero-order valence-electron chi connectivity index (χ0n) is 6.92. The van der Waals surface area contributed by atoms with E-state index in [1.165, 1.54) is 6.07 Å². The van der Waals surface area contributed by atoms with Crippen LogP contribution in [0.4, 0.5) is 0 Å². The molecule has 0 heterocycles. The molecule has 3 nitrogen and oxygen atoms in total. The lowest BCUT2D eigenvalue weighted by Crippen LogP contribution is -2.00. The molecule has 0 radical (unpaired) electrons. The number of hydrogen-bond donors (Lipinski definition) is 1. The number of nitriles is 1. The van der Waals surface area contributed by atoms with Gasteiger partial charge in [0.2, 0.25) is 0 Å². The molecule has 0 bridgehead atoms. The Labute approximate surface area is 94.0 Å². The molecule has 0 aliphatic heterocycles. The van der Waals surface area contributed by atoms with Crippen LogP contribution in [0.2, 0.25) is 0 Å². The summed E-state index contributed by atoms with van der Waals surface area (Å²) in [6, 6.07) is 4.75. The first kappa shape index (κ1) is 11.0. The minimum Gasteiger partial charge on any atom is -0.478 e. The molecule has 1 N–H and O–H groups in total. The van der Waals surface area contributed by atoms with Gasteiger partial charge in [-0.2, -0.15) is 5.26 Å². The number of rotatable bonds is 2. The number of halogens is 2. The standard InChI is InChI=1S/C9H5BrClNO2/c10-8-6(3-11)1-5(4-12)2-7(8)9(13)14/h1-2H,3H2,(H,13,14). The number of alkyl halides is 1. The monoisotopic (exact) mass is 273 g/mol. The minimum absolute atomic E-state index is 0.0553. The first-order valence-electron chi connectivity index (χ1n) is 3.62. The van der Waals surface area contributed by atoms with Crippen molar-refractivity contribution in [3.8, 4) is 6.07 Å². The highest BCUT2D eigenvalue weighted by molar-refractivity contribution is 9.10. The number of carbonyl (C=O) groups is 1. The highest BCUT2D eigenvalue weighted by Gasteiger charge is 2.13. The van der Waals surface area contributed by atoms with Gasteiger partial charge in [0.1, 0.15) is 0 Å². The average Bonchev–Trinajstić information content (AvgIpc) is 2.17. The van der Waals surface area contributed by atoms with Crippen molar-refractivity contribution in [3.63, 3.8) is 0 Å². The molecule has 14 heavy (non-hydrogen) atoms. The van der Waals surface area contributed by atoms with Gasteiger partial charge in [0.25, 0.3) is 0 Å². The first-order valence-corrected chi connectivity index (χ1v) is 4.94. The number of aromatic carboxylic acids is 1. The number of carboxylic acid groups (broad SMARTS) is 1. The zero-order chi connectivity index (χ0) is 10.7. The maximum absolute atomic E-state index is 10.8. The van der Waals surface area contributed by atoms with Crippen LogP contribution in [0.25, 0.3) is 0 Å². The maximum atomic E-state index is 10.8. The van der Waals surface area contributed by atoms with Crippen LogP contribution in [0.15, 0.2) is 16.6 Å². The van der Waals surface area contributed by atoms with Gasteiger partial charge >= 0.3 is 5.97 Å². The van der Waals surface area contributed by atoms with Gasteiger partial charge in [0.15, 0.2) is 0 Å². The molecule has 1 aromatic carbocycles. The van der Waals surface area contributed by atoms with Crippen molar-refractivity contribution in [2.75, 3.05) is 0 Å². The summed E-state index contributed by atoms with van der Waals surface area (Å²) in [5, 5.41) is 17.5. The van der Waals surface area contributed by atoms with Gasteiger partial charge in [-0.3, -0.25) is 0 Å². The molecule has 0 atom stereocenters. The summed E-state index contributed by atoms with van der Waals surface area (Å²) < 4.78 is 0.430. The quantitative estimate of drug-likeness (QED) is 0.844. The molecule has 0 amide bonds. The molecule has 0 unspecified atom stereocenters. The van der Waals surface area contributed by atoms with E-state index in [4.69, 9.17) is 22.0 Å². The van der Waals surface area contributed by atoms with E-state index in [1.54, 1.807) is 6.07 Å². The fourth-order valence-electron chi connectivity index (χ4n) is 1.00. The SMILES string of the molecule is N#Cc1cc(CCl)c(Br)c(C(=O)O)c1. The van der Waals surface area contributed by atoms with Crippen LogP contribution in [-0.2, 0) is 5.88 Å². The molecule has 1 aromatic rings. The molecule has 0 aliphatic rings. The second-order valence-corrected chi connectivity index (χ2v) is 3.61. The second-order valence-electron chi connectivity index (χ2n) is 2.55. The Kier molecular flexibility index (Phi) is 3.50. The highest BCUT2D eigenvalue weighted by atomic mass is 79.9. The van der Waals surface area contributed by atoms with Gasteiger partial charge < -0.3 is 5.11 Å². The Bertz CT molecular complexity index is 426. The number of nitrogens with zero attached hydrogens (tertiary/aromatic N) is 1. The molecule has 5 heteroatoms. The highest BCUT2D eigenvalue weighted by Crippen LogP contribution is 2.25. The van der Waals surface area contributed by atoms with Gasteiger partial charge in [-0.15, -0.1) is 11.6 Å². The Morgan fingerprint density at radius 2 is 2.29 bits per heavy atom. The normalized spacial score (nSPS) is 9.50. The second kappa shape index (κ2) is 4.45. The minimum atomic E-state index is -1.08. The Hall–Kier alpha value is -1.05. The summed E-state index contributed by atoms with van der Waals surface area (Å²) in [6.45, 7) is 0. The summed E-state index contributed by atoms with van der Waals surface area (Å²) in [5.41, 5.74) is 0.948. The van der Waals surface area contributed by atoms with E-state index in [9.17, 15) is 4.79 Å². The van der Waals surface area contributed by atoms with Gasteiger partial charge in [-0.25, -0.2) is 4.79 Å². The van der Waals surface area contributed by atoms with Gasteiger partial charge in [-0.05, 0) is 33.6 Å². The van der Waals surface area contributed by atoms with Gasteiger partial charge in [0.05, 0.1) is 17.2 Å². The molecule has 0 saturated heterocycles. The van der Waals surface area contributed by atoms with Crippen LogP contribution >= 0.6 is 27.5 Å². The molecule has 0 saturated carbocycles. The summed E-state index contributed by atoms with van der Waals surface area (Å²) >= 11 is 8.74. The van der Waals surface area contributed by atoms with Crippen molar-refractivity contribution in [3.05, 3.63) is 33.3 Å². The predicted octanol–water partition coefficient (Wildman–Crippen LogP) is 2.76. The molecular weight excluding hydrogens is 269 g/mol. The van der Waals surface area contributed by atoms with Crippen molar-refractivity contribution < 1.29 is 9.90 Å². The van der Waals surface area contributed by atoms with Crippen molar-refractivity contribution >= 4 is 33.5 Å². The van der Waals surface area contributed by atoms with Crippen LogP contribution in [0, 0.1) is 11.3 Å². The lowest BCUT2D eigenvalue weighted by Gasteiger charge is -2.04. The summed E-state index contributed by atoms with van der Waals surface area (Å²) in [7, 11) is 0. The van der Waals surface area contributed by atoms with Crippen LogP contribution in [0.5, 0.6) is 0 Å². The Morgan fingerprint density at radius 1 is 1.64 bits per heavy atom. The van der Waals surface area contributed by atoms with E-state index in [-0.39, 0.29) is 11.4 Å². The molecule has 72 valence electrons. The molecule has 0 aromatic heterocycles. The molecule has 0 spiro atoms. The predicted molar refractivity (Wildman–Crippen MR) is 55.4 cm³/mol. The van der Waals surface area contributed by atoms with E-state index in [2.05, 4.69) is 15.9 Å². The number of carboxylic acids is 1. The zero-order valence-corrected chi connectivity index (χ0v) is 9.26. The average molecular weight is 275 g/mol. The van der Waals surface area contributed by atoms with E-state index < -0.39 is 5.97 Å². The fourth-order valence-corrected chi connectivity index (χ4v) is 1.91. The smallest absolute Gasteiger partial charge is 0.336 e. The van der Waals surface area contributed by atoms with Crippen molar-refractivity contribution in [2.45, 2.75) is 5.88 Å². The van der Waals surface area contributed by atoms with E-state index in [0.717, 1.165) is 0 Å². The first-order chi connectivity index (χ1) is 6.60. The summed E-state index contributed by atoms with van der Waals surface area (Å²) in [4.78, 5) is 10.8. The third-order valence-electron chi connectivity index (χ3n) is 1.65. The van der Waals surface area contributed by atoms with Crippen LogP contribution < -0.4 is 0 Å². The third-order valence-corrected chi connectivity index (χ3v) is 2.88. The van der Waals surface area contributed by atoms with E-state index >= 15 is 0 Å². The lowest BCUT2D eigenvalue weighted by molar-refractivity contribution is 0.0695. The van der Waals surface area contributed by atoms with Crippen LogP contribution in [-0.4, -0.2) is 11.1 Å². The van der Waals surface area contributed by atoms with Crippen molar-refractivity contribution in [2.24, 2.45) is 0 Å². The molecular formula is C9H5BrClNO2. The fraction of sp³-hybridized carbons (Fsp3) is 0.111. The Morgan fingerprint density at radius 3 is 2.71 bits per heavy atom. The van der Waals surface area contributed by atoms with Gasteiger partial charge in [-0.1, -0.05) is 0 Å². The number of benzene rings is 1. The van der Waals surface area contributed by atoms with Crippen LogP contribution in [0.1, 0.15) is 21.5 Å². The number of hydrogen-bond acceptors (Lipinski definition) is 2. The molecule has 0 aliphatic carbocycles. The Balaban J connectivity index is 3.44. The largest absolute Gasteiger partial charge is 0.478 e. The van der Waals surface area contributed by atoms with Crippen molar-refractivity contribution in [1.29, 1.82) is 5.26 Å². The van der Waals surface area contributed by atoms with E-state index in [0.29, 0.717) is 15.6 Å². The summed E-state index contributed by atoms with van der Waals surface area (Å²) in [6.07, 6.45) is 0. The molecule has 0 fully saturated rings. The third kappa shape index (κ3) is 2.06. The van der Waals surface area contributed by atoms with Crippen LogP contribution in [0.3, 0.4) is 0 Å². The van der Waals surface area contributed by atoms with E-state index in [1.807, 2.05) is 6.07 Å². The maximum Gasteiger partial charge on any atom is 0.336 e. The van der Waals surface area contributed by atoms with Crippen molar-refractivity contribution in [1.82, 2.24) is 0 Å². The summed E-state index contributed by atoms with van der Waals surface area (Å²) in [5.74, 6) is -0.920. The topological polar surface area (TPSA) is 61.1 Å². The molecule has 1 rings (SSSR count). The van der Waals surface area contributed by atoms with Gasteiger partial charge in [0, 0.05) is 10.4 Å². The lowest BCUT2D eigenvalue weighted by atomic mass is 10.1.